The van der Waals surface area contributed by atoms with E-state index in [0.29, 0.717) is 13.1 Å². The van der Waals surface area contributed by atoms with Gasteiger partial charge >= 0.3 is 6.09 Å². The molecule has 0 spiro atoms. The first-order valence-corrected chi connectivity index (χ1v) is 5.49. The van der Waals surface area contributed by atoms with E-state index in [1.165, 1.54) is 0 Å². The third-order valence-corrected chi connectivity index (χ3v) is 2.37. The van der Waals surface area contributed by atoms with Crippen molar-refractivity contribution in [3.8, 4) is 5.75 Å². The van der Waals surface area contributed by atoms with Crippen molar-refractivity contribution in [3.05, 3.63) is 28.2 Å². The smallest absolute Gasteiger partial charge is 0.404 e. The maximum absolute atomic E-state index is 10.3. The fourth-order valence-corrected chi connectivity index (χ4v) is 1.55. The second-order valence-electron chi connectivity index (χ2n) is 3.12. The Balaban J connectivity index is 2.31. The number of amides is 1. The fourth-order valence-electron chi connectivity index (χ4n) is 1.14. The highest BCUT2D eigenvalue weighted by molar-refractivity contribution is 9.10. The summed E-state index contributed by atoms with van der Waals surface area (Å²) in [7, 11) is 0. The number of carbonyl (C=O) groups is 1. The zero-order valence-corrected chi connectivity index (χ0v) is 10.2. The molecule has 0 fully saturated rings. The van der Waals surface area contributed by atoms with Gasteiger partial charge < -0.3 is 20.9 Å². The molecule has 0 aromatic heterocycles. The van der Waals surface area contributed by atoms with E-state index < -0.39 is 6.09 Å². The normalized spacial score (nSPS) is 10.1. The Kier molecular flexibility index (Phi) is 5.07. The SMILES string of the molecule is NC(=O)OCCNCc1cc(Br)ccc1O. The predicted octanol–water partition coefficient (Wildman–Crippen LogP) is 1.34. The monoisotopic (exact) mass is 288 g/mol. The molecule has 1 rings (SSSR count). The van der Waals surface area contributed by atoms with E-state index >= 15 is 0 Å². The molecule has 0 saturated carbocycles. The maximum atomic E-state index is 10.3. The van der Waals surface area contributed by atoms with Crippen LogP contribution in [0.1, 0.15) is 5.56 Å². The van der Waals surface area contributed by atoms with Gasteiger partial charge in [0.15, 0.2) is 0 Å². The number of benzene rings is 1. The first-order chi connectivity index (χ1) is 7.59. The summed E-state index contributed by atoms with van der Waals surface area (Å²) in [5.74, 6) is 0.228. The Hall–Kier alpha value is -1.27. The fraction of sp³-hybridized carbons (Fsp3) is 0.300. The Bertz CT molecular complexity index is 371. The van der Waals surface area contributed by atoms with Crippen LogP contribution in [0.2, 0.25) is 0 Å². The van der Waals surface area contributed by atoms with Gasteiger partial charge in [-0.15, -0.1) is 0 Å². The van der Waals surface area contributed by atoms with Crippen LogP contribution in [0.4, 0.5) is 4.79 Å². The summed E-state index contributed by atoms with van der Waals surface area (Å²) in [6.07, 6.45) is -0.785. The highest BCUT2D eigenvalue weighted by atomic mass is 79.9. The number of carbonyl (C=O) groups excluding carboxylic acids is 1. The number of hydrogen-bond acceptors (Lipinski definition) is 4. The molecule has 1 aromatic carbocycles. The van der Waals surface area contributed by atoms with E-state index in [1.807, 2.05) is 6.07 Å². The molecule has 0 saturated heterocycles. The summed E-state index contributed by atoms with van der Waals surface area (Å²) in [5, 5.41) is 12.5. The van der Waals surface area contributed by atoms with E-state index in [0.717, 1.165) is 10.0 Å². The van der Waals surface area contributed by atoms with Crippen LogP contribution in [-0.4, -0.2) is 24.4 Å². The van der Waals surface area contributed by atoms with Crippen LogP contribution in [0.15, 0.2) is 22.7 Å². The number of phenolic OH excluding ortho intramolecular Hbond substituents is 1. The third kappa shape index (κ3) is 4.50. The molecule has 5 nitrogen and oxygen atoms in total. The van der Waals surface area contributed by atoms with Crippen LogP contribution in [-0.2, 0) is 11.3 Å². The Morgan fingerprint density at radius 2 is 2.31 bits per heavy atom. The average molecular weight is 289 g/mol. The molecular formula is C10H13BrN2O3. The van der Waals surface area contributed by atoms with Gasteiger partial charge in [-0.25, -0.2) is 4.79 Å². The number of hydrogen-bond donors (Lipinski definition) is 3. The van der Waals surface area contributed by atoms with Crippen molar-refractivity contribution in [2.75, 3.05) is 13.2 Å². The first kappa shape index (κ1) is 12.8. The minimum absolute atomic E-state index is 0.212. The number of phenols is 1. The van der Waals surface area contributed by atoms with Gasteiger partial charge in [-0.1, -0.05) is 15.9 Å². The van der Waals surface area contributed by atoms with Gasteiger partial charge in [0, 0.05) is 23.1 Å². The largest absolute Gasteiger partial charge is 0.508 e. The van der Waals surface area contributed by atoms with E-state index in [1.54, 1.807) is 12.1 Å². The predicted molar refractivity (Wildman–Crippen MR) is 63.0 cm³/mol. The average Bonchev–Trinajstić information content (AvgIpc) is 2.22. The molecule has 0 atom stereocenters. The molecule has 88 valence electrons. The lowest BCUT2D eigenvalue weighted by Gasteiger charge is -2.07. The molecule has 0 aliphatic heterocycles. The number of ether oxygens (including phenoxy) is 1. The van der Waals surface area contributed by atoms with Crippen molar-refractivity contribution in [2.45, 2.75) is 6.54 Å². The topological polar surface area (TPSA) is 84.6 Å². The molecule has 4 N–H and O–H groups in total. The number of nitrogens with one attached hydrogen (secondary N) is 1. The molecule has 6 heteroatoms. The zero-order valence-electron chi connectivity index (χ0n) is 8.57. The van der Waals surface area contributed by atoms with Crippen molar-refractivity contribution in [1.82, 2.24) is 5.32 Å². The lowest BCUT2D eigenvalue weighted by Crippen LogP contribution is -2.23. The molecule has 0 bridgehead atoms. The summed E-state index contributed by atoms with van der Waals surface area (Å²) >= 11 is 3.31. The summed E-state index contributed by atoms with van der Waals surface area (Å²) in [6.45, 7) is 1.19. The molecular weight excluding hydrogens is 276 g/mol. The van der Waals surface area contributed by atoms with Crippen molar-refractivity contribution in [1.29, 1.82) is 0 Å². The van der Waals surface area contributed by atoms with Crippen LogP contribution < -0.4 is 11.1 Å². The van der Waals surface area contributed by atoms with E-state index in [9.17, 15) is 9.90 Å². The summed E-state index contributed by atoms with van der Waals surface area (Å²) in [5.41, 5.74) is 5.57. The van der Waals surface area contributed by atoms with Gasteiger partial charge in [-0.2, -0.15) is 0 Å². The molecule has 0 heterocycles. The molecule has 0 unspecified atom stereocenters. The highest BCUT2D eigenvalue weighted by Crippen LogP contribution is 2.21. The molecule has 0 aliphatic carbocycles. The van der Waals surface area contributed by atoms with Crippen molar-refractivity contribution in [3.63, 3.8) is 0 Å². The van der Waals surface area contributed by atoms with E-state index in [4.69, 9.17) is 5.73 Å². The van der Waals surface area contributed by atoms with Gasteiger partial charge in [0.05, 0.1) is 0 Å². The standard InChI is InChI=1S/C10H13BrN2O3/c11-8-1-2-9(14)7(5-8)6-13-3-4-16-10(12)15/h1-2,5,13-14H,3-4,6H2,(H2,12,15). The van der Waals surface area contributed by atoms with E-state index in [2.05, 4.69) is 26.0 Å². The quantitative estimate of drug-likeness (QED) is 0.714. The number of rotatable bonds is 5. The van der Waals surface area contributed by atoms with Crippen LogP contribution in [0.25, 0.3) is 0 Å². The van der Waals surface area contributed by atoms with Crippen LogP contribution in [0.3, 0.4) is 0 Å². The summed E-state index contributed by atoms with van der Waals surface area (Å²) < 4.78 is 5.44. The van der Waals surface area contributed by atoms with Crippen molar-refractivity contribution in [2.24, 2.45) is 5.73 Å². The van der Waals surface area contributed by atoms with Crippen molar-refractivity contribution < 1.29 is 14.6 Å². The molecule has 1 amide bonds. The second kappa shape index (κ2) is 6.34. The van der Waals surface area contributed by atoms with Gasteiger partial charge in [-0.3, -0.25) is 0 Å². The van der Waals surface area contributed by atoms with E-state index in [-0.39, 0.29) is 12.4 Å². The second-order valence-corrected chi connectivity index (χ2v) is 4.03. The van der Waals surface area contributed by atoms with Gasteiger partial charge in [0.1, 0.15) is 12.4 Å². The minimum Gasteiger partial charge on any atom is -0.508 e. The molecule has 1 aromatic rings. The van der Waals surface area contributed by atoms with Gasteiger partial charge in [0.2, 0.25) is 0 Å². The third-order valence-electron chi connectivity index (χ3n) is 1.88. The zero-order chi connectivity index (χ0) is 12.0. The number of aromatic hydroxyl groups is 1. The Morgan fingerprint density at radius 3 is 3.00 bits per heavy atom. The maximum Gasteiger partial charge on any atom is 0.404 e. The lowest BCUT2D eigenvalue weighted by molar-refractivity contribution is 0.157. The number of nitrogens with two attached hydrogens (primary N) is 1. The number of primary amides is 1. The summed E-state index contributed by atoms with van der Waals surface area (Å²) in [6, 6.07) is 5.19. The Labute approximate surface area is 102 Å². The summed E-state index contributed by atoms with van der Waals surface area (Å²) in [4.78, 5) is 10.3. The van der Waals surface area contributed by atoms with Gasteiger partial charge in [-0.05, 0) is 18.2 Å². The molecule has 0 aliphatic rings. The van der Waals surface area contributed by atoms with Crippen LogP contribution in [0.5, 0.6) is 5.75 Å². The van der Waals surface area contributed by atoms with Crippen molar-refractivity contribution >= 4 is 22.0 Å². The number of halogens is 1. The highest BCUT2D eigenvalue weighted by Gasteiger charge is 2.01. The van der Waals surface area contributed by atoms with Crippen LogP contribution in [0, 0.1) is 0 Å². The molecule has 0 radical (unpaired) electrons. The molecule has 16 heavy (non-hydrogen) atoms. The minimum atomic E-state index is -0.785. The first-order valence-electron chi connectivity index (χ1n) is 4.70. The lowest BCUT2D eigenvalue weighted by atomic mass is 10.2. The van der Waals surface area contributed by atoms with Gasteiger partial charge in [0.25, 0.3) is 0 Å². The van der Waals surface area contributed by atoms with Crippen LogP contribution >= 0.6 is 15.9 Å². The Morgan fingerprint density at radius 1 is 1.56 bits per heavy atom.